The van der Waals surface area contributed by atoms with E-state index in [9.17, 15) is 4.79 Å². The second-order valence-corrected chi connectivity index (χ2v) is 5.55. The predicted octanol–water partition coefficient (Wildman–Crippen LogP) is 2.42. The van der Waals surface area contributed by atoms with Gasteiger partial charge in [-0.2, -0.15) is 17.7 Å². The zero-order chi connectivity index (χ0) is 13.4. The second-order valence-electron chi connectivity index (χ2n) is 4.82. The van der Waals surface area contributed by atoms with Crippen LogP contribution in [0, 0.1) is 6.92 Å². The molecule has 1 aliphatic rings. The largest absolute Gasteiger partial charge is 0.294 e. The maximum Gasteiger partial charge on any atom is 0.229 e. The van der Waals surface area contributed by atoms with Crippen molar-refractivity contribution in [1.82, 2.24) is 10.2 Å². The number of aryl methyl sites for hydroxylation is 1. The number of aromatic amines is 1. The number of aromatic nitrogens is 2. The molecule has 1 amide bonds. The fourth-order valence-electron chi connectivity index (χ4n) is 2.37. The topological polar surface area (TPSA) is 49.0 Å². The van der Waals surface area contributed by atoms with E-state index in [1.807, 2.05) is 24.3 Å². The molecule has 1 aromatic carbocycles. The Morgan fingerprint density at radius 1 is 1.42 bits per heavy atom. The number of hydrogen-bond acceptors (Lipinski definition) is 3. The maximum atomic E-state index is 11.8. The number of thiol groups is 1. The van der Waals surface area contributed by atoms with E-state index in [-0.39, 0.29) is 11.2 Å². The van der Waals surface area contributed by atoms with Gasteiger partial charge in [0, 0.05) is 29.8 Å². The first-order chi connectivity index (χ1) is 9.15. The summed E-state index contributed by atoms with van der Waals surface area (Å²) < 4.78 is 0. The molecule has 0 radical (unpaired) electrons. The molecule has 1 unspecified atom stereocenters. The Bertz CT molecular complexity index is 623. The number of nitrogens with zero attached hydrogens (tertiary/aromatic N) is 2. The van der Waals surface area contributed by atoms with Crippen molar-refractivity contribution < 1.29 is 4.79 Å². The lowest BCUT2D eigenvalue weighted by Crippen LogP contribution is -2.24. The molecule has 98 valence electrons. The third-order valence-electron chi connectivity index (χ3n) is 3.38. The minimum Gasteiger partial charge on any atom is -0.294 e. The minimum atomic E-state index is 0.0860. The molecule has 0 saturated carbocycles. The highest BCUT2D eigenvalue weighted by Gasteiger charge is 2.29. The molecule has 0 bridgehead atoms. The first-order valence-corrected chi connectivity index (χ1v) is 6.76. The van der Waals surface area contributed by atoms with Crippen LogP contribution in [0.1, 0.15) is 12.0 Å². The number of carbonyl (C=O) groups is 1. The van der Waals surface area contributed by atoms with Crippen LogP contribution in [0.2, 0.25) is 0 Å². The van der Waals surface area contributed by atoms with E-state index in [1.165, 1.54) is 5.56 Å². The lowest BCUT2D eigenvalue weighted by Gasteiger charge is -2.11. The van der Waals surface area contributed by atoms with Crippen molar-refractivity contribution in [1.29, 1.82) is 0 Å². The van der Waals surface area contributed by atoms with E-state index in [2.05, 4.69) is 35.8 Å². The van der Waals surface area contributed by atoms with Crippen molar-refractivity contribution in [2.75, 3.05) is 11.4 Å². The fraction of sp³-hybridized carbons (Fsp3) is 0.286. The molecule has 1 aliphatic heterocycles. The number of carbonyl (C=O) groups excluding carboxylic acids is 1. The summed E-state index contributed by atoms with van der Waals surface area (Å²) in [7, 11) is 0. The molecule has 4 nitrogen and oxygen atoms in total. The van der Waals surface area contributed by atoms with Crippen molar-refractivity contribution in [2.45, 2.75) is 18.6 Å². The van der Waals surface area contributed by atoms with Crippen molar-refractivity contribution in [2.24, 2.45) is 0 Å². The first kappa shape index (κ1) is 12.3. The van der Waals surface area contributed by atoms with Crippen molar-refractivity contribution in [3.63, 3.8) is 0 Å². The molecule has 0 aliphatic carbocycles. The van der Waals surface area contributed by atoms with Crippen molar-refractivity contribution >= 4 is 24.4 Å². The molecule has 0 spiro atoms. The Morgan fingerprint density at radius 2 is 2.21 bits per heavy atom. The molecule has 1 N–H and O–H groups in total. The standard InChI is InChI=1S/C14H15N3OS/c1-9-4-2-3-5-11(9)12-7-13(16-15-12)17-8-10(19)6-14(17)18/h2-5,7,10,19H,6,8H2,1H3,(H,15,16). The summed E-state index contributed by atoms with van der Waals surface area (Å²) in [6, 6.07) is 10.0. The number of anilines is 1. The summed E-state index contributed by atoms with van der Waals surface area (Å²) in [5, 5.41) is 7.36. The number of amides is 1. The first-order valence-electron chi connectivity index (χ1n) is 6.25. The lowest BCUT2D eigenvalue weighted by molar-refractivity contribution is -0.117. The van der Waals surface area contributed by atoms with Gasteiger partial charge < -0.3 is 0 Å². The molecule has 5 heteroatoms. The zero-order valence-electron chi connectivity index (χ0n) is 10.6. The molecule has 19 heavy (non-hydrogen) atoms. The van der Waals surface area contributed by atoms with E-state index < -0.39 is 0 Å². The summed E-state index contributed by atoms with van der Waals surface area (Å²) in [6.07, 6.45) is 0.482. The fourth-order valence-corrected chi connectivity index (χ4v) is 2.69. The highest BCUT2D eigenvalue weighted by molar-refractivity contribution is 7.81. The van der Waals surface area contributed by atoms with Crippen LogP contribution in [0.25, 0.3) is 11.3 Å². The van der Waals surface area contributed by atoms with Crippen LogP contribution in [0.4, 0.5) is 5.82 Å². The van der Waals surface area contributed by atoms with Crippen LogP contribution >= 0.6 is 12.6 Å². The average Bonchev–Trinajstić information content (AvgIpc) is 2.96. The van der Waals surface area contributed by atoms with Crippen LogP contribution in [0.5, 0.6) is 0 Å². The Labute approximate surface area is 117 Å². The number of nitrogens with one attached hydrogen (secondary N) is 1. The van der Waals surface area contributed by atoms with Gasteiger partial charge in [0.1, 0.15) is 0 Å². The average molecular weight is 273 g/mol. The number of H-pyrrole nitrogens is 1. The van der Waals surface area contributed by atoms with Gasteiger partial charge in [-0.1, -0.05) is 24.3 Å². The zero-order valence-corrected chi connectivity index (χ0v) is 11.5. The molecule has 1 saturated heterocycles. The molecule has 1 aromatic heterocycles. The van der Waals surface area contributed by atoms with Gasteiger partial charge >= 0.3 is 0 Å². The molecular formula is C14H15N3OS. The summed E-state index contributed by atoms with van der Waals surface area (Å²) in [4.78, 5) is 13.5. The molecule has 1 atom stereocenters. The van der Waals surface area contributed by atoms with Crippen molar-refractivity contribution in [3.05, 3.63) is 35.9 Å². The van der Waals surface area contributed by atoms with Crippen LogP contribution in [0.15, 0.2) is 30.3 Å². The van der Waals surface area contributed by atoms with Crippen molar-refractivity contribution in [3.8, 4) is 11.3 Å². The van der Waals surface area contributed by atoms with Gasteiger partial charge in [-0.25, -0.2) is 0 Å². The van der Waals surface area contributed by atoms with Gasteiger partial charge in [-0.3, -0.25) is 14.8 Å². The highest BCUT2D eigenvalue weighted by atomic mass is 32.1. The van der Waals surface area contributed by atoms with E-state index >= 15 is 0 Å². The Hall–Kier alpha value is -1.75. The minimum absolute atomic E-state index is 0.0860. The Morgan fingerprint density at radius 3 is 2.89 bits per heavy atom. The van der Waals surface area contributed by atoms with Crippen LogP contribution < -0.4 is 4.90 Å². The Balaban J connectivity index is 1.92. The van der Waals surface area contributed by atoms with Gasteiger partial charge in [0.25, 0.3) is 0 Å². The molecule has 2 heterocycles. The van der Waals surface area contributed by atoms with E-state index in [1.54, 1.807) is 4.90 Å². The highest BCUT2D eigenvalue weighted by Crippen LogP contribution is 2.27. The number of benzene rings is 1. The summed E-state index contributed by atoms with van der Waals surface area (Å²) >= 11 is 4.35. The predicted molar refractivity (Wildman–Crippen MR) is 78.5 cm³/mol. The Kier molecular flexibility index (Phi) is 3.06. The van der Waals surface area contributed by atoms with Gasteiger partial charge in [0.05, 0.1) is 5.69 Å². The van der Waals surface area contributed by atoms with E-state index in [0.717, 1.165) is 11.3 Å². The number of hydrogen-bond donors (Lipinski definition) is 2. The normalized spacial score (nSPS) is 19.2. The van der Waals surface area contributed by atoms with Crippen LogP contribution in [-0.4, -0.2) is 27.9 Å². The summed E-state index contributed by atoms with van der Waals surface area (Å²) in [5.41, 5.74) is 3.22. The third-order valence-corrected chi connectivity index (χ3v) is 3.73. The third kappa shape index (κ3) is 2.26. The monoisotopic (exact) mass is 273 g/mol. The van der Waals surface area contributed by atoms with Crippen LogP contribution in [0.3, 0.4) is 0 Å². The van der Waals surface area contributed by atoms with Gasteiger partial charge in [-0.05, 0) is 12.5 Å². The quantitative estimate of drug-likeness (QED) is 0.826. The summed E-state index contributed by atoms with van der Waals surface area (Å²) in [6.45, 7) is 2.68. The lowest BCUT2D eigenvalue weighted by atomic mass is 10.1. The van der Waals surface area contributed by atoms with E-state index in [0.29, 0.717) is 18.8 Å². The van der Waals surface area contributed by atoms with Gasteiger partial charge in [-0.15, -0.1) is 0 Å². The number of rotatable bonds is 2. The van der Waals surface area contributed by atoms with Gasteiger partial charge in [0.2, 0.25) is 5.91 Å². The van der Waals surface area contributed by atoms with Crippen LogP contribution in [-0.2, 0) is 4.79 Å². The summed E-state index contributed by atoms with van der Waals surface area (Å²) in [5.74, 6) is 0.766. The SMILES string of the molecule is Cc1ccccc1-c1cc(N2CC(S)CC2=O)n[nH]1. The smallest absolute Gasteiger partial charge is 0.229 e. The second kappa shape index (κ2) is 4.74. The van der Waals surface area contributed by atoms with E-state index in [4.69, 9.17) is 0 Å². The molecule has 3 rings (SSSR count). The molecule has 2 aromatic rings. The van der Waals surface area contributed by atoms with Gasteiger partial charge in [0.15, 0.2) is 5.82 Å². The maximum absolute atomic E-state index is 11.8. The molecule has 1 fully saturated rings. The molecular weight excluding hydrogens is 258 g/mol.